The Morgan fingerprint density at radius 1 is 1.00 bits per heavy atom. The van der Waals surface area contributed by atoms with Crippen LogP contribution in [0.4, 0.5) is 5.69 Å². The number of aromatic hydroxyl groups is 1. The number of halogens is 1. The molecule has 2 aliphatic carbocycles. The van der Waals surface area contributed by atoms with E-state index >= 15 is 0 Å². The highest BCUT2D eigenvalue weighted by Gasteiger charge is 2.67. The van der Waals surface area contributed by atoms with Crippen LogP contribution in [0.25, 0.3) is 0 Å². The second-order valence-electron chi connectivity index (χ2n) is 11.0. The summed E-state index contributed by atoms with van der Waals surface area (Å²) in [6.45, 7) is 4.09. The van der Waals surface area contributed by atoms with E-state index in [0.29, 0.717) is 35.7 Å². The number of hydrogen-bond acceptors (Lipinski definition) is 5. The highest BCUT2D eigenvalue weighted by molar-refractivity contribution is 6.30. The fraction of sp³-hybridized carbons (Fsp3) is 0.400. The van der Waals surface area contributed by atoms with E-state index in [1.165, 1.54) is 15.9 Å². The van der Waals surface area contributed by atoms with Crippen LogP contribution in [-0.4, -0.2) is 40.2 Å². The summed E-state index contributed by atoms with van der Waals surface area (Å²) in [5.74, 6) is -3.93. The van der Waals surface area contributed by atoms with Gasteiger partial charge in [0.1, 0.15) is 5.75 Å². The molecule has 2 saturated heterocycles. The summed E-state index contributed by atoms with van der Waals surface area (Å²) in [6, 6.07) is 13.5. The van der Waals surface area contributed by atoms with Crippen LogP contribution in [0, 0.1) is 29.1 Å². The van der Waals surface area contributed by atoms with Crippen molar-refractivity contribution in [1.82, 2.24) is 4.90 Å². The molecule has 0 spiro atoms. The third-order valence-electron chi connectivity index (χ3n) is 9.13. The Kier molecular flexibility index (Phi) is 5.76. The topological polar surface area (TPSA) is 95.0 Å². The number of anilines is 1. The minimum Gasteiger partial charge on any atom is -0.508 e. The number of imide groups is 2. The third-order valence-corrected chi connectivity index (χ3v) is 9.36. The van der Waals surface area contributed by atoms with E-state index in [-0.39, 0.29) is 35.8 Å². The van der Waals surface area contributed by atoms with Gasteiger partial charge in [0.15, 0.2) is 0 Å². The summed E-state index contributed by atoms with van der Waals surface area (Å²) in [7, 11) is 0. The van der Waals surface area contributed by atoms with Gasteiger partial charge in [0.25, 0.3) is 0 Å². The van der Waals surface area contributed by atoms with Crippen molar-refractivity contribution in [2.45, 2.75) is 39.0 Å². The molecule has 6 unspecified atom stereocenters. The number of benzene rings is 2. The maximum absolute atomic E-state index is 14.2. The summed E-state index contributed by atoms with van der Waals surface area (Å²) in [4.78, 5) is 57.7. The van der Waals surface area contributed by atoms with Crippen LogP contribution < -0.4 is 4.90 Å². The normalized spacial score (nSPS) is 32.3. The summed E-state index contributed by atoms with van der Waals surface area (Å²) in [6.07, 6.45) is 3.31. The van der Waals surface area contributed by atoms with Crippen LogP contribution in [-0.2, 0) is 19.2 Å². The first-order chi connectivity index (χ1) is 18.2. The van der Waals surface area contributed by atoms with E-state index in [2.05, 4.69) is 0 Å². The molecule has 0 radical (unpaired) electrons. The Morgan fingerprint density at radius 2 is 1.74 bits per heavy atom. The molecule has 1 saturated carbocycles. The molecule has 8 heteroatoms. The number of phenols is 1. The Morgan fingerprint density at radius 3 is 2.45 bits per heavy atom. The van der Waals surface area contributed by atoms with Gasteiger partial charge in [0.2, 0.25) is 23.6 Å². The lowest BCUT2D eigenvalue weighted by molar-refractivity contribution is -0.140. The number of phenolic OH excluding ortho intramolecular Hbond substituents is 1. The molecule has 2 heterocycles. The molecule has 2 aliphatic heterocycles. The van der Waals surface area contributed by atoms with Crippen molar-refractivity contribution >= 4 is 40.9 Å². The predicted molar refractivity (Wildman–Crippen MR) is 141 cm³/mol. The molecular formula is C30H29ClN2O5. The van der Waals surface area contributed by atoms with Gasteiger partial charge < -0.3 is 5.11 Å². The number of para-hydroxylation sites is 1. The van der Waals surface area contributed by atoms with E-state index in [1.54, 1.807) is 43.3 Å². The molecule has 0 aromatic heterocycles. The number of hydrogen-bond donors (Lipinski definition) is 1. The Labute approximate surface area is 226 Å². The van der Waals surface area contributed by atoms with E-state index in [0.717, 1.165) is 5.57 Å². The number of rotatable bonds is 4. The number of amides is 4. The first-order valence-corrected chi connectivity index (χ1v) is 13.5. The molecule has 6 rings (SSSR count). The number of carbonyl (C=O) groups excluding carboxylic acids is 4. The smallest absolute Gasteiger partial charge is 0.241 e. The minimum absolute atomic E-state index is 0.0251. The van der Waals surface area contributed by atoms with Gasteiger partial charge in [-0.05, 0) is 62.4 Å². The molecule has 7 nitrogen and oxygen atoms in total. The van der Waals surface area contributed by atoms with Gasteiger partial charge in [-0.25, -0.2) is 4.90 Å². The van der Waals surface area contributed by atoms with Crippen LogP contribution in [0.3, 0.4) is 0 Å². The lowest BCUT2D eigenvalue weighted by Gasteiger charge is -2.49. The lowest BCUT2D eigenvalue weighted by atomic mass is 9.51. The van der Waals surface area contributed by atoms with E-state index in [4.69, 9.17) is 11.6 Å². The molecule has 38 heavy (non-hydrogen) atoms. The van der Waals surface area contributed by atoms with Gasteiger partial charge in [-0.15, -0.1) is 0 Å². The highest BCUT2D eigenvalue weighted by atomic mass is 35.5. The number of carbonyl (C=O) groups is 4. The summed E-state index contributed by atoms with van der Waals surface area (Å²) >= 11 is 6.38. The van der Waals surface area contributed by atoms with Crippen molar-refractivity contribution < 1.29 is 24.3 Å². The van der Waals surface area contributed by atoms with Gasteiger partial charge in [0, 0.05) is 23.0 Å². The molecule has 2 aromatic rings. The summed E-state index contributed by atoms with van der Waals surface area (Å²) < 4.78 is 0. The van der Waals surface area contributed by atoms with E-state index in [1.807, 2.05) is 19.1 Å². The first kappa shape index (κ1) is 24.9. The maximum Gasteiger partial charge on any atom is 0.241 e. The predicted octanol–water partition coefficient (Wildman–Crippen LogP) is 4.69. The zero-order valence-electron chi connectivity index (χ0n) is 21.3. The summed E-state index contributed by atoms with van der Waals surface area (Å²) in [5.41, 5.74) is 0.568. The molecule has 0 bridgehead atoms. The molecular weight excluding hydrogens is 504 g/mol. The van der Waals surface area contributed by atoms with Crippen LogP contribution >= 0.6 is 11.6 Å². The number of nitrogens with zero attached hydrogens (tertiary/aromatic N) is 2. The standard InChI is InChI=1S/C30H29ClN2O5/c1-3-13-32-26(35)19-11-10-18-20(24(19)28(32)37)15-22-27(36)33(17-7-5-4-6-8-17)29(38)30(22,2)25(18)21-14-16(31)9-12-23(21)34/h4-10,12,14,19-20,22,24-25,34H,3,11,13,15H2,1-2H3. The average Bonchev–Trinajstić information content (AvgIpc) is 3.26. The fourth-order valence-electron chi connectivity index (χ4n) is 7.45. The highest BCUT2D eigenvalue weighted by Crippen LogP contribution is 2.64. The zero-order valence-corrected chi connectivity index (χ0v) is 22.0. The van der Waals surface area contributed by atoms with Crippen LogP contribution in [0.15, 0.2) is 60.2 Å². The van der Waals surface area contributed by atoms with E-state index < -0.39 is 35.0 Å². The van der Waals surface area contributed by atoms with Crippen molar-refractivity contribution in [3.63, 3.8) is 0 Å². The van der Waals surface area contributed by atoms with Gasteiger partial charge in [0.05, 0.1) is 28.9 Å². The molecule has 196 valence electrons. The SMILES string of the molecule is CCCN1C(=O)C2CC=C3C(CC4C(=O)N(c5ccccc5)C(=O)C4(C)C3c3cc(Cl)ccc3O)C2C1=O. The third kappa shape index (κ3) is 3.27. The van der Waals surface area contributed by atoms with Gasteiger partial charge >= 0.3 is 0 Å². The van der Waals surface area contributed by atoms with Crippen molar-refractivity contribution in [2.24, 2.45) is 29.1 Å². The largest absolute Gasteiger partial charge is 0.508 e. The maximum atomic E-state index is 14.2. The fourth-order valence-corrected chi connectivity index (χ4v) is 7.63. The van der Waals surface area contributed by atoms with Crippen LogP contribution in [0.2, 0.25) is 5.02 Å². The van der Waals surface area contributed by atoms with Crippen molar-refractivity contribution in [3.8, 4) is 5.75 Å². The van der Waals surface area contributed by atoms with Crippen LogP contribution in [0.5, 0.6) is 5.75 Å². The quantitative estimate of drug-likeness (QED) is 0.455. The van der Waals surface area contributed by atoms with Gasteiger partial charge in [-0.3, -0.25) is 24.1 Å². The van der Waals surface area contributed by atoms with Gasteiger partial charge in [-0.1, -0.05) is 48.4 Å². The Bertz CT molecular complexity index is 1400. The van der Waals surface area contributed by atoms with Crippen molar-refractivity contribution in [2.75, 3.05) is 11.4 Å². The van der Waals surface area contributed by atoms with Crippen LogP contribution in [0.1, 0.15) is 44.6 Å². The molecule has 6 atom stereocenters. The zero-order chi connectivity index (χ0) is 26.9. The number of fused-ring (bicyclic) bond motifs is 4. The minimum atomic E-state index is -1.21. The average molecular weight is 533 g/mol. The van der Waals surface area contributed by atoms with Gasteiger partial charge in [-0.2, -0.15) is 0 Å². The molecule has 1 N–H and O–H groups in total. The molecule has 3 fully saturated rings. The number of allylic oxidation sites excluding steroid dienone is 2. The Balaban J connectivity index is 1.54. The Hall–Kier alpha value is -3.45. The van der Waals surface area contributed by atoms with E-state index in [9.17, 15) is 24.3 Å². The second-order valence-corrected chi connectivity index (χ2v) is 11.5. The van der Waals surface area contributed by atoms with Crippen molar-refractivity contribution in [3.05, 3.63) is 70.8 Å². The molecule has 4 amide bonds. The molecule has 2 aromatic carbocycles. The summed E-state index contributed by atoms with van der Waals surface area (Å²) in [5, 5.41) is 11.4. The lowest BCUT2D eigenvalue weighted by Crippen LogP contribution is -2.48. The monoisotopic (exact) mass is 532 g/mol. The number of likely N-dealkylation sites (tertiary alicyclic amines) is 1. The second kappa shape index (κ2) is 8.80. The molecule has 4 aliphatic rings. The van der Waals surface area contributed by atoms with Crippen molar-refractivity contribution in [1.29, 1.82) is 0 Å². The first-order valence-electron chi connectivity index (χ1n) is 13.2.